The Balaban J connectivity index is 1.66. The van der Waals surface area contributed by atoms with E-state index in [4.69, 9.17) is 0 Å². The highest BCUT2D eigenvalue weighted by Crippen LogP contribution is 2.12. The second kappa shape index (κ2) is 6.39. The van der Waals surface area contributed by atoms with Crippen molar-refractivity contribution < 1.29 is 4.79 Å². The summed E-state index contributed by atoms with van der Waals surface area (Å²) in [5.74, 6) is 0.961. The minimum Gasteiger partial charge on any atom is -0.343 e. The summed E-state index contributed by atoms with van der Waals surface area (Å²) in [7, 11) is 0. The third kappa shape index (κ3) is 3.25. The van der Waals surface area contributed by atoms with Crippen molar-refractivity contribution in [3.63, 3.8) is 0 Å². The molecule has 0 radical (unpaired) electrons. The molecular formula is C15H17N7O. The van der Waals surface area contributed by atoms with Crippen molar-refractivity contribution in [1.29, 1.82) is 0 Å². The van der Waals surface area contributed by atoms with E-state index in [1.54, 1.807) is 29.3 Å². The van der Waals surface area contributed by atoms with Gasteiger partial charge in [-0.15, -0.1) is 0 Å². The Labute approximate surface area is 133 Å². The van der Waals surface area contributed by atoms with Gasteiger partial charge in [0, 0.05) is 30.2 Å². The first-order chi connectivity index (χ1) is 11.1. The van der Waals surface area contributed by atoms with Gasteiger partial charge in [-0.25, -0.2) is 4.98 Å². The molecule has 0 aliphatic carbocycles. The Morgan fingerprint density at radius 1 is 1.26 bits per heavy atom. The summed E-state index contributed by atoms with van der Waals surface area (Å²) >= 11 is 0. The first kappa shape index (κ1) is 14.9. The second-order valence-electron chi connectivity index (χ2n) is 5.28. The van der Waals surface area contributed by atoms with Crippen LogP contribution in [0.3, 0.4) is 0 Å². The summed E-state index contributed by atoms with van der Waals surface area (Å²) in [6.45, 7) is 4.21. The normalized spacial score (nSPS) is 10.9. The third-order valence-corrected chi connectivity index (χ3v) is 3.28. The number of carbonyl (C=O) groups excluding carboxylic acids is 1. The van der Waals surface area contributed by atoms with Gasteiger partial charge < -0.3 is 5.32 Å². The highest BCUT2D eigenvalue weighted by molar-refractivity contribution is 5.92. The van der Waals surface area contributed by atoms with Crippen LogP contribution in [-0.4, -0.2) is 35.9 Å². The zero-order chi connectivity index (χ0) is 16.2. The van der Waals surface area contributed by atoms with E-state index in [2.05, 4.69) is 30.6 Å². The molecule has 0 bridgehead atoms. The van der Waals surface area contributed by atoms with Gasteiger partial charge >= 0.3 is 0 Å². The molecule has 2 N–H and O–H groups in total. The molecule has 8 heteroatoms. The van der Waals surface area contributed by atoms with Crippen LogP contribution in [0, 0.1) is 0 Å². The number of rotatable bonds is 5. The molecule has 8 nitrogen and oxygen atoms in total. The van der Waals surface area contributed by atoms with E-state index in [0.717, 1.165) is 5.56 Å². The molecule has 1 amide bonds. The molecule has 3 rings (SSSR count). The van der Waals surface area contributed by atoms with E-state index >= 15 is 0 Å². The zero-order valence-electron chi connectivity index (χ0n) is 12.9. The van der Waals surface area contributed by atoms with Crippen LogP contribution in [0.15, 0.2) is 36.8 Å². The topological polar surface area (TPSA) is 101 Å². The Morgan fingerprint density at radius 2 is 2.04 bits per heavy atom. The molecule has 0 spiro atoms. The maximum Gasteiger partial charge on any atom is 0.269 e. The van der Waals surface area contributed by atoms with Gasteiger partial charge in [-0.2, -0.15) is 10.2 Å². The highest BCUT2D eigenvalue weighted by atomic mass is 16.2. The fourth-order valence-electron chi connectivity index (χ4n) is 2.16. The zero-order valence-corrected chi connectivity index (χ0v) is 12.9. The van der Waals surface area contributed by atoms with Crippen molar-refractivity contribution >= 4 is 5.91 Å². The van der Waals surface area contributed by atoms with Gasteiger partial charge in [-0.05, 0) is 32.0 Å². The molecule has 0 aliphatic rings. The van der Waals surface area contributed by atoms with Gasteiger partial charge in [-0.1, -0.05) is 0 Å². The Morgan fingerprint density at radius 3 is 2.78 bits per heavy atom. The smallest absolute Gasteiger partial charge is 0.269 e. The number of aromatic nitrogens is 6. The number of carbonyl (C=O) groups is 1. The molecule has 0 aliphatic heterocycles. The number of pyridine rings is 1. The molecule has 0 saturated carbocycles. The van der Waals surface area contributed by atoms with Gasteiger partial charge in [0.1, 0.15) is 11.5 Å². The fourth-order valence-corrected chi connectivity index (χ4v) is 2.16. The number of amides is 1. The Kier molecular flexibility index (Phi) is 4.13. The number of nitrogens with one attached hydrogen (secondary N) is 2. The van der Waals surface area contributed by atoms with Crippen molar-refractivity contribution in [3.8, 4) is 11.4 Å². The van der Waals surface area contributed by atoms with Gasteiger partial charge in [-0.3, -0.25) is 19.6 Å². The van der Waals surface area contributed by atoms with Gasteiger partial charge in [0.05, 0.1) is 6.54 Å². The van der Waals surface area contributed by atoms with E-state index < -0.39 is 0 Å². The predicted octanol–water partition coefficient (Wildman–Crippen LogP) is 1.57. The first-order valence-electron chi connectivity index (χ1n) is 7.28. The highest BCUT2D eigenvalue weighted by Gasteiger charge is 2.14. The van der Waals surface area contributed by atoms with Crippen molar-refractivity contribution in [1.82, 2.24) is 35.3 Å². The van der Waals surface area contributed by atoms with Crippen molar-refractivity contribution in [2.24, 2.45) is 0 Å². The fraction of sp³-hybridized carbons (Fsp3) is 0.267. The summed E-state index contributed by atoms with van der Waals surface area (Å²) in [6.07, 6.45) is 4.98. The largest absolute Gasteiger partial charge is 0.343 e. The lowest BCUT2D eigenvalue weighted by Gasteiger charge is -2.10. The summed E-state index contributed by atoms with van der Waals surface area (Å²) in [4.78, 5) is 20.6. The molecule has 23 heavy (non-hydrogen) atoms. The molecule has 0 fully saturated rings. The van der Waals surface area contributed by atoms with Crippen molar-refractivity contribution in [2.75, 3.05) is 0 Å². The minimum absolute atomic E-state index is 0.120. The molecule has 0 unspecified atom stereocenters. The molecule has 3 aromatic rings. The Hall–Kier alpha value is -3.03. The SMILES string of the molecule is CC(C)n1nccc1C(=O)NCc1nc(-c2ccncc2)n[nH]1. The number of hydrogen-bond donors (Lipinski definition) is 2. The second-order valence-corrected chi connectivity index (χ2v) is 5.28. The van der Waals surface area contributed by atoms with Gasteiger partial charge in [0.2, 0.25) is 0 Å². The van der Waals surface area contributed by atoms with Crippen LogP contribution in [0.25, 0.3) is 11.4 Å². The molecule has 3 heterocycles. The van der Waals surface area contributed by atoms with Crippen LogP contribution in [0.5, 0.6) is 0 Å². The minimum atomic E-state index is -0.196. The molecular weight excluding hydrogens is 294 g/mol. The van der Waals surface area contributed by atoms with Crippen LogP contribution in [0.4, 0.5) is 0 Å². The lowest BCUT2D eigenvalue weighted by Crippen LogP contribution is -2.26. The first-order valence-corrected chi connectivity index (χ1v) is 7.28. The summed E-state index contributed by atoms with van der Waals surface area (Å²) in [6, 6.07) is 5.46. The van der Waals surface area contributed by atoms with Crippen LogP contribution < -0.4 is 5.32 Å². The van der Waals surface area contributed by atoms with Crippen LogP contribution in [-0.2, 0) is 6.54 Å². The molecule has 0 atom stereocenters. The van der Waals surface area contributed by atoms with Crippen LogP contribution in [0.2, 0.25) is 0 Å². The van der Waals surface area contributed by atoms with E-state index in [9.17, 15) is 4.79 Å². The lowest BCUT2D eigenvalue weighted by atomic mass is 10.2. The van der Waals surface area contributed by atoms with E-state index in [1.807, 2.05) is 26.0 Å². The monoisotopic (exact) mass is 311 g/mol. The van der Waals surface area contributed by atoms with Crippen LogP contribution in [0.1, 0.15) is 36.2 Å². The van der Waals surface area contributed by atoms with E-state index in [0.29, 0.717) is 17.3 Å². The number of H-pyrrole nitrogens is 1. The number of nitrogens with zero attached hydrogens (tertiary/aromatic N) is 5. The molecule has 0 aromatic carbocycles. The van der Waals surface area contributed by atoms with Gasteiger partial charge in [0.25, 0.3) is 5.91 Å². The van der Waals surface area contributed by atoms with E-state index in [-0.39, 0.29) is 18.5 Å². The average molecular weight is 311 g/mol. The average Bonchev–Trinajstić information content (AvgIpc) is 3.23. The quantitative estimate of drug-likeness (QED) is 0.745. The maximum absolute atomic E-state index is 12.2. The van der Waals surface area contributed by atoms with E-state index in [1.165, 1.54) is 0 Å². The summed E-state index contributed by atoms with van der Waals surface area (Å²) in [5.41, 5.74) is 1.39. The Bertz CT molecular complexity index is 791. The van der Waals surface area contributed by atoms with Crippen molar-refractivity contribution in [3.05, 3.63) is 48.3 Å². The number of hydrogen-bond acceptors (Lipinski definition) is 5. The van der Waals surface area contributed by atoms with Gasteiger partial charge in [0.15, 0.2) is 5.82 Å². The van der Waals surface area contributed by atoms with Crippen molar-refractivity contribution in [2.45, 2.75) is 26.4 Å². The molecule has 3 aromatic heterocycles. The lowest BCUT2D eigenvalue weighted by molar-refractivity contribution is 0.0937. The maximum atomic E-state index is 12.2. The van der Waals surface area contributed by atoms with Crippen LogP contribution >= 0.6 is 0 Å². The summed E-state index contributed by atoms with van der Waals surface area (Å²) in [5, 5.41) is 13.9. The molecule has 118 valence electrons. The summed E-state index contributed by atoms with van der Waals surface area (Å²) < 4.78 is 1.68. The molecule has 0 saturated heterocycles. The third-order valence-electron chi connectivity index (χ3n) is 3.28. The number of aromatic amines is 1. The standard InChI is InChI=1S/C15H17N7O/c1-10(2)22-12(5-8-18-22)15(23)17-9-13-19-14(21-20-13)11-3-6-16-7-4-11/h3-8,10H,9H2,1-2H3,(H,17,23)(H,19,20,21). The predicted molar refractivity (Wildman–Crippen MR) is 83.4 cm³/mol.